The summed E-state index contributed by atoms with van der Waals surface area (Å²) in [5.74, 6) is -3.87. The molecule has 0 radical (unpaired) electrons. The van der Waals surface area contributed by atoms with Crippen molar-refractivity contribution in [1.29, 1.82) is 0 Å². The molecular weight excluding hydrogens is 625 g/mol. The number of β-lactam (4-membered cyclic amide) rings is 1. The number of nitro groups is 1. The standard InChI is InChI=1S/C22H25N7O11S2.Na/c1-11(30)24-8-15-17(19(32)28(15)42(36,37)38)26-18(31)16(14-10-41-21(23)25-14)27-40-22(2,3)20(33)39-9-12-4-6-13(7-5-12)29(34)35;/h4-7,10,15,17H,8-9H2,1-3H3,(H2,23,25)(H,24,30)(H,26,31)(H,36,37,38);/q;+1/p-1. The summed E-state index contributed by atoms with van der Waals surface area (Å²) in [5, 5.41) is 20.4. The molecule has 2 unspecified atom stereocenters. The maximum absolute atomic E-state index is 13.2. The Morgan fingerprint density at radius 3 is 2.40 bits per heavy atom. The first-order valence-electron chi connectivity index (χ1n) is 11.7. The molecule has 0 saturated carbocycles. The fourth-order valence-electron chi connectivity index (χ4n) is 3.45. The Balaban J connectivity index is 0.00000645. The molecule has 1 aliphatic heterocycles. The van der Waals surface area contributed by atoms with Crippen LogP contribution in [0.1, 0.15) is 32.0 Å². The summed E-state index contributed by atoms with van der Waals surface area (Å²) in [6.07, 6.45) is 0. The largest absolute Gasteiger partial charge is 1.00 e. The maximum atomic E-state index is 13.2. The van der Waals surface area contributed by atoms with Crippen LogP contribution in [0.3, 0.4) is 0 Å². The van der Waals surface area contributed by atoms with Crippen molar-refractivity contribution in [2.24, 2.45) is 5.16 Å². The quantitative estimate of drug-likeness (QED) is 0.0379. The number of oxime groups is 1. The van der Waals surface area contributed by atoms with Crippen molar-refractivity contribution in [3.8, 4) is 0 Å². The van der Waals surface area contributed by atoms with Crippen LogP contribution >= 0.6 is 11.3 Å². The number of rotatable bonds is 12. The van der Waals surface area contributed by atoms with Gasteiger partial charge in [-0.05, 0) is 31.5 Å². The number of amides is 3. The van der Waals surface area contributed by atoms with Gasteiger partial charge in [0.1, 0.15) is 18.3 Å². The summed E-state index contributed by atoms with van der Waals surface area (Å²) < 4.78 is 39.7. The smallest absolute Gasteiger partial charge is 0.731 e. The second-order valence-electron chi connectivity index (χ2n) is 9.16. The molecule has 1 aromatic heterocycles. The maximum Gasteiger partial charge on any atom is 1.00 e. The van der Waals surface area contributed by atoms with Gasteiger partial charge in [-0.25, -0.2) is 22.5 Å². The molecule has 43 heavy (non-hydrogen) atoms. The summed E-state index contributed by atoms with van der Waals surface area (Å²) >= 11 is 0.926. The van der Waals surface area contributed by atoms with Gasteiger partial charge in [0.25, 0.3) is 17.5 Å². The van der Waals surface area contributed by atoms with Crippen molar-refractivity contribution in [1.82, 2.24) is 19.9 Å². The van der Waals surface area contributed by atoms with Crippen LogP contribution in [-0.2, 0) is 45.7 Å². The molecule has 0 spiro atoms. The third-order valence-corrected chi connectivity index (χ3v) is 7.22. The van der Waals surface area contributed by atoms with Crippen molar-refractivity contribution < 1.29 is 76.2 Å². The number of nitrogens with one attached hydrogen (secondary N) is 2. The minimum absolute atomic E-state index is 0. The fourth-order valence-corrected chi connectivity index (χ4v) is 4.86. The number of nitro benzene ring substituents is 1. The Morgan fingerprint density at radius 1 is 1.26 bits per heavy atom. The topological polar surface area (TPSA) is 266 Å². The number of nitrogen functional groups attached to an aromatic ring is 1. The van der Waals surface area contributed by atoms with E-state index in [1.807, 2.05) is 0 Å². The molecule has 1 aromatic carbocycles. The molecule has 2 aromatic rings. The molecule has 1 saturated heterocycles. The van der Waals surface area contributed by atoms with Gasteiger partial charge in [-0.15, -0.1) is 11.3 Å². The van der Waals surface area contributed by atoms with E-state index in [1.54, 1.807) is 0 Å². The van der Waals surface area contributed by atoms with E-state index in [4.69, 9.17) is 15.3 Å². The SMILES string of the molecule is CC(=O)NCC1C(NC(=O)C(=NOC(C)(C)C(=O)OCc2ccc([N+](=O)[O-])cc2)c2csc(N)n2)C(=O)N1S(=O)(=O)[O-].[Na+]. The van der Waals surface area contributed by atoms with Crippen molar-refractivity contribution in [2.45, 2.75) is 45.1 Å². The number of anilines is 1. The second-order valence-corrected chi connectivity index (χ2v) is 11.3. The Bertz CT molecular complexity index is 1540. The number of nitrogens with zero attached hydrogens (tertiary/aromatic N) is 4. The summed E-state index contributed by atoms with van der Waals surface area (Å²) in [5.41, 5.74) is 3.47. The zero-order valence-electron chi connectivity index (χ0n) is 23.1. The van der Waals surface area contributed by atoms with E-state index >= 15 is 0 Å². The predicted molar refractivity (Wildman–Crippen MR) is 142 cm³/mol. The molecule has 1 aliphatic rings. The average molecular weight is 650 g/mol. The van der Waals surface area contributed by atoms with Crippen molar-refractivity contribution in [2.75, 3.05) is 12.3 Å². The Morgan fingerprint density at radius 2 is 1.88 bits per heavy atom. The van der Waals surface area contributed by atoms with Gasteiger partial charge in [0, 0.05) is 31.0 Å². The number of carbonyl (C=O) groups is 4. The molecule has 21 heteroatoms. The number of ether oxygens (including phenoxy) is 1. The third kappa shape index (κ3) is 8.91. The van der Waals surface area contributed by atoms with E-state index in [0.29, 0.717) is 5.56 Å². The van der Waals surface area contributed by atoms with Gasteiger partial charge in [-0.2, -0.15) is 0 Å². The number of hydrogen-bond donors (Lipinski definition) is 3. The Hall–Kier alpha value is -3.69. The van der Waals surface area contributed by atoms with Crippen LogP contribution in [0.5, 0.6) is 0 Å². The summed E-state index contributed by atoms with van der Waals surface area (Å²) in [6, 6.07) is 2.28. The zero-order chi connectivity index (χ0) is 31.4. The molecule has 4 N–H and O–H groups in total. The number of non-ortho nitro benzene ring substituents is 1. The third-order valence-electron chi connectivity index (χ3n) is 5.61. The van der Waals surface area contributed by atoms with Crippen molar-refractivity contribution in [3.05, 3.63) is 51.0 Å². The molecule has 0 aliphatic carbocycles. The number of hydrogen-bond acceptors (Lipinski definition) is 15. The molecule has 3 amide bonds. The van der Waals surface area contributed by atoms with E-state index in [9.17, 15) is 42.3 Å². The predicted octanol–water partition coefficient (Wildman–Crippen LogP) is -3.83. The van der Waals surface area contributed by atoms with Gasteiger partial charge in [0.15, 0.2) is 21.1 Å². The molecule has 2 heterocycles. The molecule has 3 rings (SSSR count). The molecule has 0 bridgehead atoms. The van der Waals surface area contributed by atoms with Crippen molar-refractivity contribution >= 4 is 61.9 Å². The van der Waals surface area contributed by atoms with E-state index in [0.717, 1.165) is 18.3 Å². The van der Waals surface area contributed by atoms with E-state index in [1.165, 1.54) is 43.5 Å². The van der Waals surface area contributed by atoms with Crippen LogP contribution in [-0.4, -0.2) is 80.8 Å². The summed E-state index contributed by atoms with van der Waals surface area (Å²) in [7, 11) is -5.25. The summed E-state index contributed by atoms with van der Waals surface area (Å²) in [4.78, 5) is 69.0. The number of nitrogens with two attached hydrogens (primary N) is 1. The minimum atomic E-state index is -5.25. The Labute approximate surface area is 270 Å². The van der Waals surface area contributed by atoms with Crippen LogP contribution in [0, 0.1) is 10.1 Å². The van der Waals surface area contributed by atoms with Gasteiger partial charge >= 0.3 is 35.5 Å². The molecular formula is C22H24N7NaO11S2. The molecule has 226 valence electrons. The first-order valence-corrected chi connectivity index (χ1v) is 14.0. The van der Waals surface area contributed by atoms with Gasteiger partial charge in [-0.3, -0.25) is 24.5 Å². The molecule has 18 nitrogen and oxygen atoms in total. The molecule has 2 atom stereocenters. The minimum Gasteiger partial charge on any atom is -0.731 e. The molecule has 1 fully saturated rings. The van der Waals surface area contributed by atoms with Crippen LogP contribution in [0.25, 0.3) is 0 Å². The fraction of sp³-hybridized carbons (Fsp3) is 0.364. The average Bonchev–Trinajstić information content (AvgIpc) is 3.32. The zero-order valence-corrected chi connectivity index (χ0v) is 26.8. The number of aromatic nitrogens is 1. The van der Waals surface area contributed by atoms with Crippen LogP contribution in [0.15, 0.2) is 34.8 Å². The summed E-state index contributed by atoms with van der Waals surface area (Å²) in [6.45, 7) is 2.94. The number of esters is 1. The van der Waals surface area contributed by atoms with Crippen LogP contribution in [0.4, 0.5) is 10.8 Å². The van der Waals surface area contributed by atoms with Gasteiger partial charge in [-0.1, -0.05) is 5.16 Å². The number of thiazole rings is 1. The van der Waals surface area contributed by atoms with Crippen LogP contribution < -0.4 is 45.9 Å². The monoisotopic (exact) mass is 649 g/mol. The first kappa shape index (κ1) is 35.5. The van der Waals surface area contributed by atoms with Crippen LogP contribution in [0.2, 0.25) is 0 Å². The number of carbonyl (C=O) groups excluding carboxylic acids is 4. The number of benzene rings is 1. The van der Waals surface area contributed by atoms with Crippen molar-refractivity contribution in [3.63, 3.8) is 0 Å². The van der Waals surface area contributed by atoms with Gasteiger partial charge < -0.3 is 30.5 Å². The van der Waals surface area contributed by atoms with E-state index in [2.05, 4.69) is 20.8 Å². The van der Waals surface area contributed by atoms with Gasteiger partial charge in [0.2, 0.25) is 11.5 Å². The first-order chi connectivity index (χ1) is 19.5. The normalized spacial score (nSPS) is 16.8. The van der Waals surface area contributed by atoms with E-state index in [-0.39, 0.29) is 57.0 Å². The second kappa shape index (κ2) is 14.2. The van der Waals surface area contributed by atoms with E-state index < -0.39 is 68.9 Å². The Kier molecular flexibility index (Phi) is 11.7. The van der Waals surface area contributed by atoms with Gasteiger partial charge in [0.05, 0.1) is 11.0 Å².